The smallest absolute Gasteiger partial charge is 0.321 e. The van der Waals surface area contributed by atoms with E-state index in [1.807, 2.05) is 17.3 Å². The lowest BCUT2D eigenvalue weighted by atomic mass is 10.3. The number of rotatable bonds is 5. The number of likely N-dealkylation sites (N-methyl/N-ethyl adjacent to an activating group) is 1. The molecule has 5 nitrogen and oxygen atoms in total. The van der Waals surface area contributed by atoms with Crippen molar-refractivity contribution in [2.24, 2.45) is 0 Å². The van der Waals surface area contributed by atoms with Gasteiger partial charge in [-0.3, -0.25) is 15.0 Å². The maximum Gasteiger partial charge on any atom is 0.321 e. The van der Waals surface area contributed by atoms with E-state index in [2.05, 4.69) is 23.6 Å². The number of amides is 3. The van der Waals surface area contributed by atoms with Gasteiger partial charge in [0.2, 0.25) is 5.91 Å². The second-order valence-electron chi connectivity index (χ2n) is 4.11. The van der Waals surface area contributed by atoms with Gasteiger partial charge in [-0.25, -0.2) is 4.79 Å². The molecular weight excluding hydrogens is 250 g/mol. The van der Waals surface area contributed by atoms with Crippen molar-refractivity contribution in [3.8, 4) is 0 Å². The zero-order valence-electron chi connectivity index (χ0n) is 10.9. The Kier molecular flexibility index (Phi) is 5.80. The third-order valence-corrected chi connectivity index (χ3v) is 3.39. The molecular formula is C12H19N3O2S. The van der Waals surface area contributed by atoms with Gasteiger partial charge in [-0.15, -0.1) is 11.3 Å². The number of urea groups is 1. The van der Waals surface area contributed by atoms with Crippen LogP contribution < -0.4 is 10.6 Å². The van der Waals surface area contributed by atoms with Crippen LogP contribution in [0.25, 0.3) is 0 Å². The lowest BCUT2D eigenvalue weighted by molar-refractivity contribution is -0.120. The third kappa shape index (κ3) is 4.85. The van der Waals surface area contributed by atoms with Crippen LogP contribution in [0.3, 0.4) is 0 Å². The normalized spacial score (nSPS) is 10.4. The van der Waals surface area contributed by atoms with Gasteiger partial charge in [-0.1, -0.05) is 0 Å². The van der Waals surface area contributed by atoms with E-state index in [-0.39, 0.29) is 12.5 Å². The molecule has 0 saturated carbocycles. The highest BCUT2D eigenvalue weighted by atomic mass is 32.1. The quantitative estimate of drug-likeness (QED) is 0.848. The standard InChI is InChI=1S/C12H19N3O2S/c1-4-13-12(17)14-11(16)8-15(3)7-10-9(2)5-6-18-10/h5-6H,4,7-8H2,1-3H3,(H2,13,14,16,17). The molecule has 0 aromatic carbocycles. The van der Waals surface area contributed by atoms with Gasteiger partial charge in [-0.2, -0.15) is 0 Å². The molecule has 2 N–H and O–H groups in total. The van der Waals surface area contributed by atoms with Gasteiger partial charge >= 0.3 is 6.03 Å². The first-order valence-electron chi connectivity index (χ1n) is 5.82. The number of hydrogen-bond acceptors (Lipinski definition) is 4. The Hall–Kier alpha value is -1.40. The highest BCUT2D eigenvalue weighted by Crippen LogP contribution is 2.16. The molecule has 1 rings (SSSR count). The van der Waals surface area contributed by atoms with Gasteiger partial charge in [0.05, 0.1) is 6.54 Å². The van der Waals surface area contributed by atoms with E-state index in [9.17, 15) is 9.59 Å². The maximum absolute atomic E-state index is 11.5. The van der Waals surface area contributed by atoms with E-state index in [1.165, 1.54) is 10.4 Å². The van der Waals surface area contributed by atoms with Crippen LogP contribution in [0.15, 0.2) is 11.4 Å². The Morgan fingerprint density at radius 1 is 1.44 bits per heavy atom. The largest absolute Gasteiger partial charge is 0.338 e. The minimum Gasteiger partial charge on any atom is -0.338 e. The van der Waals surface area contributed by atoms with E-state index < -0.39 is 6.03 Å². The molecule has 18 heavy (non-hydrogen) atoms. The molecule has 0 aliphatic heterocycles. The summed E-state index contributed by atoms with van der Waals surface area (Å²) in [6.45, 7) is 5.27. The van der Waals surface area contributed by atoms with E-state index in [1.54, 1.807) is 18.3 Å². The summed E-state index contributed by atoms with van der Waals surface area (Å²) in [5.74, 6) is -0.294. The van der Waals surface area contributed by atoms with Gasteiger partial charge in [0.1, 0.15) is 0 Å². The van der Waals surface area contributed by atoms with Crippen molar-refractivity contribution in [3.63, 3.8) is 0 Å². The number of nitrogens with one attached hydrogen (secondary N) is 2. The highest BCUT2D eigenvalue weighted by Gasteiger charge is 2.11. The molecule has 100 valence electrons. The first-order chi connectivity index (χ1) is 8.52. The van der Waals surface area contributed by atoms with Crippen LogP contribution in [-0.2, 0) is 11.3 Å². The zero-order chi connectivity index (χ0) is 13.5. The van der Waals surface area contributed by atoms with Crippen LogP contribution in [0.2, 0.25) is 0 Å². The second-order valence-corrected chi connectivity index (χ2v) is 5.11. The van der Waals surface area contributed by atoms with Gasteiger partial charge < -0.3 is 5.32 Å². The molecule has 0 atom stereocenters. The first-order valence-corrected chi connectivity index (χ1v) is 6.70. The average molecular weight is 269 g/mol. The number of carbonyl (C=O) groups excluding carboxylic acids is 2. The molecule has 0 aliphatic carbocycles. The number of thiophene rings is 1. The lowest BCUT2D eigenvalue weighted by Gasteiger charge is -2.15. The summed E-state index contributed by atoms with van der Waals surface area (Å²) in [7, 11) is 1.86. The van der Waals surface area contributed by atoms with Crippen LogP contribution in [-0.4, -0.2) is 37.0 Å². The molecule has 6 heteroatoms. The second kappa shape index (κ2) is 7.13. The molecule has 0 spiro atoms. The van der Waals surface area contributed by atoms with Gasteiger partial charge in [-0.05, 0) is 37.9 Å². The topological polar surface area (TPSA) is 61.4 Å². The van der Waals surface area contributed by atoms with Gasteiger partial charge in [0, 0.05) is 18.0 Å². The molecule has 1 heterocycles. The molecule has 0 saturated heterocycles. The summed E-state index contributed by atoms with van der Waals surface area (Å²) >= 11 is 1.67. The molecule has 3 amide bonds. The van der Waals surface area contributed by atoms with Crippen molar-refractivity contribution in [1.29, 1.82) is 0 Å². The summed E-state index contributed by atoms with van der Waals surface area (Å²) in [4.78, 5) is 25.8. The molecule has 0 radical (unpaired) electrons. The van der Waals surface area contributed by atoms with Crippen molar-refractivity contribution < 1.29 is 9.59 Å². The molecule has 0 unspecified atom stereocenters. The first kappa shape index (κ1) is 14.7. The third-order valence-electron chi connectivity index (χ3n) is 2.39. The maximum atomic E-state index is 11.5. The fourth-order valence-electron chi connectivity index (χ4n) is 1.48. The number of hydrogen-bond donors (Lipinski definition) is 2. The van der Waals surface area contributed by atoms with Crippen molar-refractivity contribution in [2.45, 2.75) is 20.4 Å². The van der Waals surface area contributed by atoms with Crippen LogP contribution in [0.4, 0.5) is 4.79 Å². The van der Waals surface area contributed by atoms with Crippen molar-refractivity contribution in [3.05, 3.63) is 21.9 Å². The fourth-order valence-corrected chi connectivity index (χ4v) is 2.47. The Bertz CT molecular complexity index is 417. The summed E-state index contributed by atoms with van der Waals surface area (Å²) in [5.41, 5.74) is 1.23. The fraction of sp³-hybridized carbons (Fsp3) is 0.500. The molecule has 0 bridgehead atoms. The van der Waals surface area contributed by atoms with Gasteiger partial charge in [0.25, 0.3) is 0 Å². The Morgan fingerprint density at radius 2 is 2.17 bits per heavy atom. The minimum atomic E-state index is -0.441. The number of aryl methyl sites for hydroxylation is 1. The summed E-state index contributed by atoms with van der Waals surface area (Å²) in [6, 6.07) is 1.62. The monoisotopic (exact) mass is 269 g/mol. The zero-order valence-corrected chi connectivity index (χ0v) is 11.8. The van der Waals surface area contributed by atoms with E-state index >= 15 is 0 Å². The summed E-state index contributed by atoms with van der Waals surface area (Å²) in [6.07, 6.45) is 0. The summed E-state index contributed by atoms with van der Waals surface area (Å²) in [5, 5.41) is 6.83. The Morgan fingerprint density at radius 3 is 2.72 bits per heavy atom. The van der Waals surface area contributed by atoms with Gasteiger partial charge in [0.15, 0.2) is 0 Å². The van der Waals surface area contributed by atoms with E-state index in [0.717, 1.165) is 0 Å². The SMILES string of the molecule is CCNC(=O)NC(=O)CN(C)Cc1sccc1C. The lowest BCUT2D eigenvalue weighted by Crippen LogP contribution is -2.43. The predicted octanol–water partition coefficient (Wildman–Crippen LogP) is 1.33. The van der Waals surface area contributed by atoms with Crippen LogP contribution in [0.5, 0.6) is 0 Å². The Balaban J connectivity index is 2.36. The number of imide groups is 1. The minimum absolute atomic E-state index is 0.203. The van der Waals surface area contributed by atoms with E-state index in [4.69, 9.17) is 0 Å². The van der Waals surface area contributed by atoms with Crippen molar-refractivity contribution in [1.82, 2.24) is 15.5 Å². The predicted molar refractivity (Wildman–Crippen MR) is 72.6 cm³/mol. The molecule has 1 aromatic rings. The van der Waals surface area contributed by atoms with Crippen molar-refractivity contribution in [2.75, 3.05) is 20.1 Å². The van der Waals surface area contributed by atoms with Crippen molar-refractivity contribution >= 4 is 23.3 Å². The molecule has 0 fully saturated rings. The molecule has 0 aliphatic rings. The number of nitrogens with zero attached hydrogens (tertiary/aromatic N) is 1. The number of carbonyl (C=O) groups is 2. The van der Waals surface area contributed by atoms with Crippen LogP contribution in [0, 0.1) is 6.92 Å². The van der Waals surface area contributed by atoms with Crippen LogP contribution in [0.1, 0.15) is 17.4 Å². The highest BCUT2D eigenvalue weighted by molar-refractivity contribution is 7.10. The average Bonchev–Trinajstić information content (AvgIpc) is 2.64. The van der Waals surface area contributed by atoms with Crippen LogP contribution >= 0.6 is 11.3 Å². The Labute approximate surface area is 111 Å². The molecule has 1 aromatic heterocycles. The van der Waals surface area contributed by atoms with E-state index in [0.29, 0.717) is 13.1 Å². The summed E-state index contributed by atoms with van der Waals surface area (Å²) < 4.78 is 0.